The summed E-state index contributed by atoms with van der Waals surface area (Å²) in [6.45, 7) is 7.77. The predicted molar refractivity (Wildman–Crippen MR) is 82.1 cm³/mol. The largest absolute Gasteiger partial charge is 0.371 e. The van der Waals surface area contributed by atoms with Gasteiger partial charge in [-0.15, -0.1) is 0 Å². The molecule has 100 valence electrons. The Morgan fingerprint density at radius 3 is 2.72 bits per heavy atom. The van der Waals surface area contributed by atoms with E-state index in [-0.39, 0.29) is 0 Å². The van der Waals surface area contributed by atoms with E-state index in [1.165, 1.54) is 35.2 Å². The van der Waals surface area contributed by atoms with Crippen LogP contribution in [0.5, 0.6) is 0 Å². The Bertz CT molecular complexity index is 405. The molecule has 1 aromatic rings. The Morgan fingerprint density at radius 1 is 1.33 bits per heavy atom. The topological polar surface area (TPSA) is 29.3 Å². The molecule has 18 heavy (non-hydrogen) atoms. The average molecular weight is 311 g/mol. The van der Waals surface area contributed by atoms with E-state index < -0.39 is 0 Å². The summed E-state index contributed by atoms with van der Waals surface area (Å²) in [5.74, 6) is 1.63. The highest BCUT2D eigenvalue weighted by atomic mass is 79.9. The summed E-state index contributed by atoms with van der Waals surface area (Å²) in [4.78, 5) is 2.50. The molecule has 1 fully saturated rings. The zero-order valence-electron chi connectivity index (χ0n) is 11.3. The monoisotopic (exact) mass is 310 g/mol. The molecule has 2 nitrogen and oxygen atoms in total. The summed E-state index contributed by atoms with van der Waals surface area (Å²) in [5, 5.41) is 0. The van der Waals surface area contributed by atoms with Crippen LogP contribution in [0, 0.1) is 11.8 Å². The number of nitrogens with zero attached hydrogens (tertiary/aromatic N) is 1. The Morgan fingerprint density at radius 2 is 2.11 bits per heavy atom. The molecule has 1 aromatic carbocycles. The van der Waals surface area contributed by atoms with Gasteiger partial charge in [0, 0.05) is 23.2 Å². The summed E-state index contributed by atoms with van der Waals surface area (Å²) >= 11 is 3.66. The molecular weight excluding hydrogens is 288 g/mol. The van der Waals surface area contributed by atoms with Gasteiger partial charge in [0.05, 0.1) is 0 Å². The van der Waals surface area contributed by atoms with Crippen LogP contribution in [-0.2, 0) is 6.42 Å². The van der Waals surface area contributed by atoms with Crippen molar-refractivity contribution in [3.63, 3.8) is 0 Å². The zero-order chi connectivity index (χ0) is 13.1. The molecule has 1 aliphatic rings. The van der Waals surface area contributed by atoms with Gasteiger partial charge in [0.2, 0.25) is 0 Å². The highest BCUT2D eigenvalue weighted by Crippen LogP contribution is 2.30. The minimum atomic E-state index is 0.705. The third kappa shape index (κ3) is 3.07. The Kier molecular flexibility index (Phi) is 4.68. The van der Waals surface area contributed by atoms with Crippen molar-refractivity contribution in [2.75, 3.05) is 24.5 Å². The molecule has 3 heteroatoms. The minimum Gasteiger partial charge on any atom is -0.371 e. The normalized spacial score (nSPS) is 24.3. The van der Waals surface area contributed by atoms with E-state index in [9.17, 15) is 0 Å². The lowest BCUT2D eigenvalue weighted by Gasteiger charge is -2.37. The maximum absolute atomic E-state index is 5.61. The smallest absolute Gasteiger partial charge is 0.0377 e. The highest BCUT2D eigenvalue weighted by Gasteiger charge is 2.22. The molecule has 1 aliphatic heterocycles. The summed E-state index contributed by atoms with van der Waals surface area (Å²) in [5.41, 5.74) is 8.25. The lowest BCUT2D eigenvalue weighted by molar-refractivity contribution is 0.324. The molecule has 0 saturated carbocycles. The minimum absolute atomic E-state index is 0.705. The predicted octanol–water partition coefficient (Wildman–Crippen LogP) is 3.43. The number of nitrogens with two attached hydrogens (primary N) is 1. The molecule has 0 radical (unpaired) electrons. The Labute approximate surface area is 119 Å². The molecule has 1 saturated heterocycles. The molecule has 1 heterocycles. The number of piperidine rings is 1. The van der Waals surface area contributed by atoms with Crippen LogP contribution < -0.4 is 10.6 Å². The van der Waals surface area contributed by atoms with Gasteiger partial charge in [-0.25, -0.2) is 0 Å². The number of hydrogen-bond donors (Lipinski definition) is 1. The van der Waals surface area contributed by atoms with E-state index in [1.54, 1.807) is 0 Å². The standard InChI is InChI=1S/C15H23BrN2/c1-11-6-8-18(10-12(11)2)14-4-3-13(5-7-17)15(16)9-14/h3-4,9,11-12H,5-8,10,17H2,1-2H3. The molecule has 2 atom stereocenters. The fraction of sp³-hybridized carbons (Fsp3) is 0.600. The molecule has 0 bridgehead atoms. The van der Waals surface area contributed by atoms with Crippen LogP contribution >= 0.6 is 15.9 Å². The summed E-state index contributed by atoms with van der Waals surface area (Å²) in [6.07, 6.45) is 2.23. The van der Waals surface area contributed by atoms with E-state index in [4.69, 9.17) is 5.73 Å². The molecular formula is C15H23BrN2. The number of anilines is 1. The van der Waals surface area contributed by atoms with Crippen LogP contribution in [0.1, 0.15) is 25.8 Å². The fourth-order valence-electron chi connectivity index (χ4n) is 2.59. The van der Waals surface area contributed by atoms with Crippen molar-refractivity contribution in [2.24, 2.45) is 17.6 Å². The van der Waals surface area contributed by atoms with Crippen LogP contribution in [-0.4, -0.2) is 19.6 Å². The number of rotatable bonds is 3. The van der Waals surface area contributed by atoms with Gasteiger partial charge in [0.15, 0.2) is 0 Å². The third-order valence-electron chi connectivity index (χ3n) is 4.15. The van der Waals surface area contributed by atoms with Crippen LogP contribution in [0.25, 0.3) is 0 Å². The number of halogens is 1. The van der Waals surface area contributed by atoms with Crippen molar-refractivity contribution in [3.8, 4) is 0 Å². The molecule has 0 spiro atoms. The van der Waals surface area contributed by atoms with E-state index in [0.29, 0.717) is 6.54 Å². The van der Waals surface area contributed by atoms with Gasteiger partial charge in [0.25, 0.3) is 0 Å². The van der Waals surface area contributed by atoms with E-state index in [0.717, 1.165) is 18.3 Å². The van der Waals surface area contributed by atoms with Crippen LogP contribution in [0.3, 0.4) is 0 Å². The second-order valence-corrected chi connectivity index (χ2v) is 6.36. The maximum atomic E-state index is 5.61. The van der Waals surface area contributed by atoms with Gasteiger partial charge in [-0.2, -0.15) is 0 Å². The first-order chi connectivity index (χ1) is 8.61. The quantitative estimate of drug-likeness (QED) is 0.926. The van der Waals surface area contributed by atoms with Crippen molar-refractivity contribution in [3.05, 3.63) is 28.2 Å². The van der Waals surface area contributed by atoms with Crippen LogP contribution in [0.15, 0.2) is 22.7 Å². The SMILES string of the molecule is CC1CCN(c2ccc(CCN)c(Br)c2)CC1C. The van der Waals surface area contributed by atoms with Gasteiger partial charge >= 0.3 is 0 Å². The van der Waals surface area contributed by atoms with Crippen molar-refractivity contribution >= 4 is 21.6 Å². The Hall–Kier alpha value is -0.540. The molecule has 2 rings (SSSR count). The molecule has 0 aromatic heterocycles. The fourth-order valence-corrected chi connectivity index (χ4v) is 3.15. The summed E-state index contributed by atoms with van der Waals surface area (Å²) < 4.78 is 1.19. The van der Waals surface area contributed by atoms with E-state index in [1.807, 2.05) is 0 Å². The molecule has 2 N–H and O–H groups in total. The maximum Gasteiger partial charge on any atom is 0.0377 e. The first kappa shape index (κ1) is 13.9. The summed E-state index contributed by atoms with van der Waals surface area (Å²) in [7, 11) is 0. The first-order valence-corrected chi connectivity index (χ1v) is 7.64. The van der Waals surface area contributed by atoms with Gasteiger partial charge in [0.1, 0.15) is 0 Å². The van der Waals surface area contributed by atoms with Crippen molar-refractivity contribution in [1.82, 2.24) is 0 Å². The average Bonchev–Trinajstić information content (AvgIpc) is 2.35. The lowest BCUT2D eigenvalue weighted by Crippen LogP contribution is -2.38. The molecule has 0 aliphatic carbocycles. The van der Waals surface area contributed by atoms with Gasteiger partial charge in [-0.05, 0) is 48.9 Å². The second-order valence-electron chi connectivity index (χ2n) is 5.50. The van der Waals surface area contributed by atoms with Crippen molar-refractivity contribution in [1.29, 1.82) is 0 Å². The van der Waals surface area contributed by atoms with Crippen molar-refractivity contribution in [2.45, 2.75) is 26.7 Å². The number of benzene rings is 1. The van der Waals surface area contributed by atoms with E-state index >= 15 is 0 Å². The van der Waals surface area contributed by atoms with Gasteiger partial charge in [-0.1, -0.05) is 35.8 Å². The third-order valence-corrected chi connectivity index (χ3v) is 4.89. The van der Waals surface area contributed by atoms with Gasteiger partial charge < -0.3 is 10.6 Å². The zero-order valence-corrected chi connectivity index (χ0v) is 12.9. The van der Waals surface area contributed by atoms with Crippen LogP contribution in [0.2, 0.25) is 0 Å². The number of hydrogen-bond acceptors (Lipinski definition) is 2. The lowest BCUT2D eigenvalue weighted by atomic mass is 9.88. The first-order valence-electron chi connectivity index (χ1n) is 6.85. The van der Waals surface area contributed by atoms with Crippen LogP contribution in [0.4, 0.5) is 5.69 Å². The molecule has 2 unspecified atom stereocenters. The molecule has 0 amide bonds. The Balaban J connectivity index is 2.12. The van der Waals surface area contributed by atoms with E-state index in [2.05, 4.69) is 52.9 Å². The van der Waals surface area contributed by atoms with Crippen molar-refractivity contribution < 1.29 is 0 Å². The summed E-state index contributed by atoms with van der Waals surface area (Å²) in [6, 6.07) is 6.68. The second kappa shape index (κ2) is 6.07. The highest BCUT2D eigenvalue weighted by molar-refractivity contribution is 9.10. The van der Waals surface area contributed by atoms with Gasteiger partial charge in [-0.3, -0.25) is 0 Å².